The summed E-state index contributed by atoms with van der Waals surface area (Å²) in [5, 5.41) is 7.83. The molecule has 370 valence electrons. The molecule has 15 aromatic rings. The summed E-state index contributed by atoms with van der Waals surface area (Å²) in [4.78, 5) is 58.7. The van der Waals surface area contributed by atoms with Crippen molar-refractivity contribution < 1.29 is 0 Å². The van der Waals surface area contributed by atoms with Crippen LogP contribution >= 0.6 is 0 Å². The van der Waals surface area contributed by atoms with E-state index < -0.39 is 0 Å². The molecule has 80 heavy (non-hydrogen) atoms. The number of rotatable bonds is 4. The molecule has 0 saturated carbocycles. The SMILES string of the molecule is C1=Cc2nc1c(-c1ccnc3c1ccc1cccnc13)c1ccc([nH]1)c(-c1ccnc3c1ccc1cccnc13)c1nc(c(-c3ccnc4c3ccc3cccnc34)c3ccc([nH]3)c2-c2ccnc3c2ccc2cccnc23)C=C1. The third-order valence-corrected chi connectivity index (χ3v) is 15.8. The topological polar surface area (TPSA) is 160 Å². The molecule has 0 unspecified atom stereocenters. The van der Waals surface area contributed by atoms with Gasteiger partial charge in [-0.2, -0.15) is 0 Å². The van der Waals surface area contributed by atoms with Crippen molar-refractivity contribution in [3.8, 4) is 44.5 Å². The third-order valence-electron chi connectivity index (χ3n) is 15.8. The smallest absolute Gasteiger partial charge is 0.0970 e. The van der Waals surface area contributed by atoms with E-state index in [0.29, 0.717) is 0 Å². The fraction of sp³-hybridized carbons (Fsp3) is 0. The van der Waals surface area contributed by atoms with E-state index in [1.54, 1.807) is 0 Å². The molecule has 12 heteroatoms. The molecular formula is C68H38N12. The molecule has 13 heterocycles. The van der Waals surface area contributed by atoms with Gasteiger partial charge in [0.05, 0.1) is 66.9 Å². The van der Waals surface area contributed by atoms with E-state index >= 15 is 0 Å². The number of aromatic amines is 2. The van der Waals surface area contributed by atoms with Crippen LogP contribution in [-0.2, 0) is 0 Å². The predicted molar refractivity (Wildman–Crippen MR) is 323 cm³/mol. The molecule has 0 amide bonds. The second kappa shape index (κ2) is 17.1. The molecule has 0 aliphatic carbocycles. The molecule has 8 bridgehead atoms. The maximum absolute atomic E-state index is 5.72. The van der Waals surface area contributed by atoms with Gasteiger partial charge in [0.1, 0.15) is 0 Å². The molecule has 0 radical (unpaired) electrons. The number of nitrogens with one attached hydrogen (secondary N) is 2. The van der Waals surface area contributed by atoms with E-state index in [4.69, 9.17) is 49.8 Å². The van der Waals surface area contributed by atoms with Gasteiger partial charge in [-0.15, -0.1) is 0 Å². The van der Waals surface area contributed by atoms with Crippen LogP contribution in [-0.4, -0.2) is 59.8 Å². The van der Waals surface area contributed by atoms with Crippen molar-refractivity contribution in [2.75, 3.05) is 0 Å². The van der Waals surface area contributed by atoms with E-state index in [0.717, 1.165) is 177 Å². The van der Waals surface area contributed by atoms with Gasteiger partial charge in [0.15, 0.2) is 0 Å². The summed E-state index contributed by atoms with van der Waals surface area (Å²) >= 11 is 0. The second-order valence-corrected chi connectivity index (χ2v) is 20.1. The monoisotopic (exact) mass is 1020 g/mol. The normalized spacial score (nSPS) is 12.4. The predicted octanol–water partition coefficient (Wildman–Crippen LogP) is 15.7. The summed E-state index contributed by atoms with van der Waals surface area (Å²) < 4.78 is 0. The summed E-state index contributed by atoms with van der Waals surface area (Å²) in [5.74, 6) is 0. The number of fused-ring (bicyclic) bond motifs is 20. The van der Waals surface area contributed by atoms with E-state index in [-0.39, 0.29) is 0 Å². The molecule has 0 spiro atoms. The minimum absolute atomic E-state index is 0.766. The maximum atomic E-state index is 5.72. The number of aromatic nitrogens is 12. The fourth-order valence-electron chi connectivity index (χ4n) is 12.2. The largest absolute Gasteiger partial charge is 0.354 e. The van der Waals surface area contributed by atoms with E-state index in [2.05, 4.69) is 156 Å². The van der Waals surface area contributed by atoms with Gasteiger partial charge in [-0.1, -0.05) is 72.8 Å². The van der Waals surface area contributed by atoms with E-state index in [1.165, 1.54) is 0 Å². The van der Waals surface area contributed by atoms with Crippen molar-refractivity contribution >= 4 is 134 Å². The first kappa shape index (κ1) is 43.9. The molecule has 2 aliphatic heterocycles. The molecule has 2 aliphatic rings. The van der Waals surface area contributed by atoms with Crippen molar-refractivity contribution in [2.24, 2.45) is 0 Å². The lowest BCUT2D eigenvalue weighted by Crippen LogP contribution is -1.93. The summed E-state index contributed by atoms with van der Waals surface area (Å²) in [6, 6.07) is 50.1. The van der Waals surface area contributed by atoms with Gasteiger partial charge < -0.3 is 9.97 Å². The number of benzene rings is 4. The lowest BCUT2D eigenvalue weighted by Gasteiger charge is -2.11. The summed E-state index contributed by atoms with van der Waals surface area (Å²) in [6.45, 7) is 0. The van der Waals surface area contributed by atoms with Crippen LogP contribution in [0.25, 0.3) is 178 Å². The number of hydrogen-bond acceptors (Lipinski definition) is 10. The van der Waals surface area contributed by atoms with E-state index in [1.807, 2.05) is 73.8 Å². The Kier molecular flexibility index (Phi) is 9.41. The number of nitrogens with zero attached hydrogens (tertiary/aromatic N) is 10. The highest BCUT2D eigenvalue weighted by atomic mass is 14.8. The average molecular weight is 1020 g/mol. The van der Waals surface area contributed by atoms with Crippen LogP contribution in [0.1, 0.15) is 22.8 Å². The van der Waals surface area contributed by atoms with Gasteiger partial charge in [0, 0.05) is 137 Å². The lowest BCUT2D eigenvalue weighted by atomic mass is 9.98. The zero-order valence-corrected chi connectivity index (χ0v) is 42.3. The van der Waals surface area contributed by atoms with Crippen LogP contribution in [0.3, 0.4) is 0 Å². The Bertz CT molecular complexity index is 4800. The molecule has 0 atom stereocenters. The van der Waals surface area contributed by atoms with Crippen LogP contribution < -0.4 is 0 Å². The minimum Gasteiger partial charge on any atom is -0.354 e. The molecule has 2 N–H and O–H groups in total. The van der Waals surface area contributed by atoms with Crippen LogP contribution in [0.15, 0.2) is 195 Å². The highest BCUT2D eigenvalue weighted by Crippen LogP contribution is 2.44. The highest BCUT2D eigenvalue weighted by molar-refractivity contribution is 6.16. The zero-order valence-electron chi connectivity index (χ0n) is 42.3. The summed E-state index contributed by atoms with van der Waals surface area (Å²) in [7, 11) is 0. The van der Waals surface area contributed by atoms with Crippen molar-refractivity contribution in [1.29, 1.82) is 0 Å². The van der Waals surface area contributed by atoms with Crippen LogP contribution in [0.2, 0.25) is 0 Å². The lowest BCUT2D eigenvalue weighted by molar-refractivity contribution is 1.31. The molecule has 4 aromatic carbocycles. The molecule has 12 nitrogen and oxygen atoms in total. The number of hydrogen-bond donors (Lipinski definition) is 2. The molecular weight excluding hydrogens is 985 g/mol. The Morgan fingerprint density at radius 2 is 0.475 bits per heavy atom. The Morgan fingerprint density at radius 3 is 0.738 bits per heavy atom. The number of H-pyrrole nitrogens is 2. The summed E-state index contributed by atoms with van der Waals surface area (Å²) in [5.41, 5.74) is 20.4. The molecule has 0 saturated heterocycles. The standard InChI is InChI=1S/C68H38N12/c1-5-37-9-13-45-41(25-33-73-65(45)61(37)69-29-1)57-49-17-19-51(77-49)58(42-26-34-74-66-46(42)14-10-38-6-2-30-70-62(38)66)53-21-23-55(79-53)60(44-28-36-76-68-48(44)16-12-40-8-4-32-72-64(40)68)56-24-22-54(80-56)59(52-20-18-50(57)78-52)43-27-35-75-67-47(43)15-11-39-7-3-31-71-63(39)67/h1-36,77,80H. The Hall–Kier alpha value is -11.2. The molecule has 0 fully saturated rings. The van der Waals surface area contributed by atoms with Crippen molar-refractivity contribution in [3.63, 3.8) is 0 Å². The summed E-state index contributed by atoms with van der Waals surface area (Å²) in [6.07, 6.45) is 23.3. The van der Waals surface area contributed by atoms with Crippen molar-refractivity contribution in [2.45, 2.75) is 0 Å². The average Bonchev–Trinajstić information content (AvgIpc) is 4.40. The van der Waals surface area contributed by atoms with Crippen LogP contribution in [0, 0.1) is 0 Å². The fourth-order valence-corrected chi connectivity index (χ4v) is 12.2. The second-order valence-electron chi connectivity index (χ2n) is 20.1. The van der Waals surface area contributed by atoms with Crippen LogP contribution in [0.4, 0.5) is 0 Å². The van der Waals surface area contributed by atoms with E-state index in [9.17, 15) is 0 Å². The molecule has 11 aromatic heterocycles. The molecule has 17 rings (SSSR count). The first-order valence-electron chi connectivity index (χ1n) is 26.3. The minimum atomic E-state index is 0.766. The van der Waals surface area contributed by atoms with Crippen molar-refractivity contribution in [3.05, 3.63) is 218 Å². The van der Waals surface area contributed by atoms with Gasteiger partial charge in [-0.05, 0) is 119 Å². The van der Waals surface area contributed by atoms with Gasteiger partial charge in [0.25, 0.3) is 0 Å². The number of pyridine rings is 8. The Morgan fingerprint density at radius 1 is 0.225 bits per heavy atom. The van der Waals surface area contributed by atoms with Gasteiger partial charge >= 0.3 is 0 Å². The Labute approximate surface area is 453 Å². The van der Waals surface area contributed by atoms with Gasteiger partial charge in [-0.3, -0.25) is 39.9 Å². The zero-order chi connectivity index (χ0) is 52.4. The first-order chi connectivity index (χ1) is 39.7. The van der Waals surface area contributed by atoms with Crippen molar-refractivity contribution in [1.82, 2.24) is 59.8 Å². The highest BCUT2D eigenvalue weighted by Gasteiger charge is 2.24. The van der Waals surface area contributed by atoms with Crippen LogP contribution in [0.5, 0.6) is 0 Å². The first-order valence-corrected chi connectivity index (χ1v) is 26.3. The van der Waals surface area contributed by atoms with Gasteiger partial charge in [-0.25, -0.2) is 9.97 Å². The van der Waals surface area contributed by atoms with Gasteiger partial charge in [0.2, 0.25) is 0 Å². The third kappa shape index (κ3) is 6.62. The Balaban J connectivity index is 1.05. The quantitative estimate of drug-likeness (QED) is 0.162. The maximum Gasteiger partial charge on any atom is 0.0970 e.